The van der Waals surface area contributed by atoms with Gasteiger partial charge in [-0.25, -0.2) is 9.78 Å². The number of para-hydroxylation sites is 1. The minimum atomic E-state index is -0.445. The van der Waals surface area contributed by atoms with Gasteiger partial charge in [-0.2, -0.15) is 0 Å². The lowest BCUT2D eigenvalue weighted by Crippen LogP contribution is -2.31. The Morgan fingerprint density at radius 2 is 1.77 bits per heavy atom. The number of nitrogens with one attached hydrogen (secondary N) is 1. The van der Waals surface area contributed by atoms with Crippen molar-refractivity contribution in [3.8, 4) is 28.5 Å². The molecule has 1 aromatic heterocycles. The molecular weight excluding hydrogens is 440 g/mol. The highest BCUT2D eigenvalue weighted by Crippen LogP contribution is 2.35. The highest BCUT2D eigenvalue weighted by Gasteiger charge is 2.15. The van der Waals surface area contributed by atoms with Gasteiger partial charge in [0, 0.05) is 23.6 Å². The van der Waals surface area contributed by atoms with Crippen molar-refractivity contribution in [1.82, 2.24) is 10.3 Å². The van der Waals surface area contributed by atoms with E-state index < -0.39 is 6.09 Å². The molecule has 188 valence electrons. The Balaban J connectivity index is 1.83. The molecule has 1 unspecified atom stereocenters. The maximum Gasteiger partial charge on any atom is 0.412 e. The number of unbranched alkanes of at least 4 members (excludes halogenated alkanes) is 2. The van der Waals surface area contributed by atoms with Crippen molar-refractivity contribution in [2.45, 2.75) is 59.3 Å². The molecule has 35 heavy (non-hydrogen) atoms. The van der Waals surface area contributed by atoms with Crippen molar-refractivity contribution in [3.63, 3.8) is 0 Å². The van der Waals surface area contributed by atoms with Gasteiger partial charge < -0.3 is 19.5 Å². The second kappa shape index (κ2) is 13.6. The quantitative estimate of drug-likeness (QED) is 0.259. The molecule has 1 heterocycles. The van der Waals surface area contributed by atoms with Gasteiger partial charge in [-0.05, 0) is 49.1 Å². The minimum absolute atomic E-state index is 0.445. The number of hydrogen-bond donors (Lipinski definition) is 1. The lowest BCUT2D eigenvalue weighted by molar-refractivity contribution is 0.198. The van der Waals surface area contributed by atoms with Crippen LogP contribution in [0.1, 0.15) is 59.3 Å². The normalized spacial score (nSPS) is 11.8. The molecule has 0 aliphatic heterocycles. The lowest BCUT2D eigenvalue weighted by atomic mass is 9.99. The zero-order valence-corrected chi connectivity index (χ0v) is 21.4. The highest BCUT2D eigenvalue weighted by atomic mass is 16.6. The molecule has 0 bridgehead atoms. The van der Waals surface area contributed by atoms with E-state index in [1.165, 1.54) is 6.42 Å². The van der Waals surface area contributed by atoms with Crippen LogP contribution in [0.5, 0.6) is 17.2 Å². The van der Waals surface area contributed by atoms with Gasteiger partial charge in [-0.15, -0.1) is 0 Å². The molecule has 6 heteroatoms. The first-order valence-corrected chi connectivity index (χ1v) is 12.8. The first-order chi connectivity index (χ1) is 17.1. The van der Waals surface area contributed by atoms with Crippen LogP contribution >= 0.6 is 0 Å². The fourth-order valence-electron chi connectivity index (χ4n) is 3.96. The summed E-state index contributed by atoms with van der Waals surface area (Å²) in [6.07, 6.45) is 6.06. The summed E-state index contributed by atoms with van der Waals surface area (Å²) in [6.45, 7) is 7.73. The summed E-state index contributed by atoms with van der Waals surface area (Å²) in [5.41, 5.74) is 2.30. The SMILES string of the molecule is CCCCOc1ccc(-c2cc(OC(=O)NCC(CC)CCCC)c3ccccc3n2)cc1OC. The van der Waals surface area contributed by atoms with Crippen LogP contribution < -0.4 is 19.5 Å². The molecule has 0 aliphatic carbocycles. The predicted molar refractivity (Wildman–Crippen MR) is 141 cm³/mol. The van der Waals surface area contributed by atoms with E-state index in [0.717, 1.165) is 48.6 Å². The van der Waals surface area contributed by atoms with Crippen LogP contribution in [0, 0.1) is 5.92 Å². The number of benzene rings is 2. The molecule has 3 aromatic rings. The number of nitrogens with zero attached hydrogens (tertiary/aromatic N) is 1. The minimum Gasteiger partial charge on any atom is -0.493 e. The monoisotopic (exact) mass is 478 g/mol. The summed E-state index contributed by atoms with van der Waals surface area (Å²) in [5, 5.41) is 3.73. The Morgan fingerprint density at radius 1 is 0.971 bits per heavy atom. The van der Waals surface area contributed by atoms with Crippen LogP contribution in [0.4, 0.5) is 4.79 Å². The van der Waals surface area contributed by atoms with E-state index in [0.29, 0.717) is 42.0 Å². The third-order valence-electron chi connectivity index (χ3n) is 6.17. The Bertz CT molecular complexity index is 1100. The molecule has 0 saturated carbocycles. The molecule has 0 fully saturated rings. The maximum absolute atomic E-state index is 12.7. The summed E-state index contributed by atoms with van der Waals surface area (Å²) in [6, 6.07) is 15.2. The molecule has 0 radical (unpaired) electrons. The van der Waals surface area contributed by atoms with Crippen molar-refractivity contribution >= 4 is 17.0 Å². The van der Waals surface area contributed by atoms with Gasteiger partial charge in [0.05, 0.1) is 24.9 Å². The van der Waals surface area contributed by atoms with Crippen LogP contribution in [0.25, 0.3) is 22.2 Å². The lowest BCUT2D eigenvalue weighted by Gasteiger charge is -2.16. The number of pyridine rings is 1. The Kier molecular flexibility index (Phi) is 10.2. The third-order valence-corrected chi connectivity index (χ3v) is 6.17. The number of carbonyl (C=O) groups is 1. The standard InChI is InChI=1S/C29H38N2O4/c1-5-8-12-21(7-3)20-30-29(32)35-27-19-25(31-24-14-11-10-13-23(24)27)22-15-16-26(28(18-22)33-4)34-17-9-6-2/h10-11,13-16,18-19,21H,5-9,12,17,20H2,1-4H3,(H,30,32). The molecule has 1 atom stereocenters. The summed E-state index contributed by atoms with van der Waals surface area (Å²) in [5.74, 6) is 2.28. The predicted octanol–water partition coefficient (Wildman–Crippen LogP) is 7.39. The molecule has 0 saturated heterocycles. The highest BCUT2D eigenvalue weighted by molar-refractivity contribution is 5.90. The van der Waals surface area contributed by atoms with Crippen LogP contribution in [0.15, 0.2) is 48.5 Å². The van der Waals surface area contributed by atoms with Gasteiger partial charge >= 0.3 is 6.09 Å². The van der Waals surface area contributed by atoms with Gasteiger partial charge in [0.25, 0.3) is 0 Å². The summed E-state index contributed by atoms with van der Waals surface area (Å²) in [4.78, 5) is 17.5. The third kappa shape index (κ3) is 7.35. The molecule has 0 aliphatic rings. The van der Waals surface area contributed by atoms with E-state index >= 15 is 0 Å². The van der Waals surface area contributed by atoms with Crippen molar-refractivity contribution in [2.24, 2.45) is 5.92 Å². The van der Waals surface area contributed by atoms with E-state index in [1.807, 2.05) is 48.5 Å². The second-order valence-corrected chi connectivity index (χ2v) is 8.78. The number of amides is 1. The zero-order chi connectivity index (χ0) is 25.0. The summed E-state index contributed by atoms with van der Waals surface area (Å²) >= 11 is 0. The van der Waals surface area contributed by atoms with E-state index in [4.69, 9.17) is 19.2 Å². The average molecular weight is 479 g/mol. The molecule has 1 amide bonds. The molecule has 6 nitrogen and oxygen atoms in total. The van der Waals surface area contributed by atoms with Crippen molar-refractivity contribution in [1.29, 1.82) is 0 Å². The van der Waals surface area contributed by atoms with Crippen LogP contribution in [0.2, 0.25) is 0 Å². The number of fused-ring (bicyclic) bond motifs is 1. The van der Waals surface area contributed by atoms with Crippen molar-refractivity contribution in [2.75, 3.05) is 20.3 Å². The number of methoxy groups -OCH3 is 1. The van der Waals surface area contributed by atoms with Gasteiger partial charge in [0.2, 0.25) is 0 Å². The first-order valence-electron chi connectivity index (χ1n) is 12.8. The van der Waals surface area contributed by atoms with E-state index in [-0.39, 0.29) is 0 Å². The van der Waals surface area contributed by atoms with Gasteiger partial charge in [0.1, 0.15) is 5.75 Å². The molecule has 3 rings (SSSR count). The van der Waals surface area contributed by atoms with Crippen molar-refractivity contribution < 1.29 is 19.0 Å². The fourth-order valence-corrected chi connectivity index (χ4v) is 3.96. The summed E-state index contributed by atoms with van der Waals surface area (Å²) < 4.78 is 17.2. The van der Waals surface area contributed by atoms with Crippen LogP contribution in [0.3, 0.4) is 0 Å². The molecule has 2 aromatic carbocycles. The number of ether oxygens (including phenoxy) is 3. The molecule has 1 N–H and O–H groups in total. The first kappa shape index (κ1) is 26.3. The van der Waals surface area contributed by atoms with Crippen LogP contribution in [-0.2, 0) is 0 Å². The Labute approximate surface area is 209 Å². The molecular formula is C29H38N2O4. The smallest absolute Gasteiger partial charge is 0.412 e. The Hall–Kier alpha value is -3.28. The number of rotatable bonds is 13. The number of aromatic nitrogens is 1. The van der Waals surface area contributed by atoms with Gasteiger partial charge in [0.15, 0.2) is 11.5 Å². The second-order valence-electron chi connectivity index (χ2n) is 8.78. The van der Waals surface area contributed by atoms with Gasteiger partial charge in [-0.3, -0.25) is 0 Å². The largest absolute Gasteiger partial charge is 0.493 e. The summed E-state index contributed by atoms with van der Waals surface area (Å²) in [7, 11) is 1.63. The molecule has 0 spiro atoms. The van der Waals surface area contributed by atoms with E-state index in [9.17, 15) is 4.79 Å². The topological polar surface area (TPSA) is 69.7 Å². The fraction of sp³-hybridized carbons (Fsp3) is 0.448. The van der Waals surface area contributed by atoms with Crippen molar-refractivity contribution in [3.05, 3.63) is 48.5 Å². The van der Waals surface area contributed by atoms with E-state index in [1.54, 1.807) is 7.11 Å². The average Bonchev–Trinajstić information content (AvgIpc) is 2.89. The number of carbonyl (C=O) groups excluding carboxylic acids is 1. The zero-order valence-electron chi connectivity index (χ0n) is 21.4. The van der Waals surface area contributed by atoms with E-state index in [2.05, 4.69) is 26.1 Å². The Morgan fingerprint density at radius 3 is 2.51 bits per heavy atom. The maximum atomic E-state index is 12.7. The number of hydrogen-bond acceptors (Lipinski definition) is 5. The van der Waals surface area contributed by atoms with Gasteiger partial charge in [-0.1, -0.05) is 58.6 Å². The van der Waals surface area contributed by atoms with Crippen LogP contribution in [-0.4, -0.2) is 31.3 Å².